The summed E-state index contributed by atoms with van der Waals surface area (Å²) in [6.45, 7) is 7.19. The van der Waals surface area contributed by atoms with Crippen LogP contribution in [0, 0.1) is 5.92 Å². The largest absolute Gasteiger partial charge is 0.426 e. The van der Waals surface area contributed by atoms with Crippen LogP contribution in [-0.2, 0) is 4.79 Å². The van der Waals surface area contributed by atoms with Crippen molar-refractivity contribution in [3.63, 3.8) is 0 Å². The summed E-state index contributed by atoms with van der Waals surface area (Å²) in [5.41, 5.74) is 3.01. The Kier molecular flexibility index (Phi) is 8.78. The minimum absolute atomic E-state index is 0.0611. The molecule has 0 fully saturated rings. The highest BCUT2D eigenvalue weighted by atomic mass is 16.5. The number of rotatable bonds is 10. The first kappa shape index (κ1) is 25.4. The van der Waals surface area contributed by atoms with Gasteiger partial charge in [-0.05, 0) is 62.5 Å². The van der Waals surface area contributed by atoms with Crippen LogP contribution in [0.1, 0.15) is 66.1 Å². The van der Waals surface area contributed by atoms with E-state index in [1.54, 1.807) is 24.3 Å². The van der Waals surface area contributed by atoms with Crippen LogP contribution in [0.15, 0.2) is 78.9 Å². The molecule has 0 aliphatic rings. The lowest BCUT2D eigenvalue weighted by molar-refractivity contribution is -0.135. The standard InChI is InChI=1S/C30H35NO3/c1-6-26(21(2)20-31(4)5)27-17-10-11-18-28(27)34-30(33)22(3)24-15-12-16-25(19-24)29(32)23-13-8-7-9-14-23/h7-19,21-22,26H,6,20H2,1-5H3/t21-,22?,26+/m0/s1. The first-order valence-corrected chi connectivity index (χ1v) is 12.0. The fraction of sp³-hybridized carbons (Fsp3) is 0.333. The summed E-state index contributed by atoms with van der Waals surface area (Å²) in [6.07, 6.45) is 0.961. The Labute approximate surface area is 203 Å². The van der Waals surface area contributed by atoms with Crippen LogP contribution in [0.4, 0.5) is 0 Å². The molecule has 3 rings (SSSR count). The van der Waals surface area contributed by atoms with Gasteiger partial charge in [-0.3, -0.25) is 9.59 Å². The van der Waals surface area contributed by atoms with Crippen LogP contribution in [-0.4, -0.2) is 37.3 Å². The summed E-state index contributed by atoms with van der Waals surface area (Å²) in [7, 11) is 4.15. The van der Waals surface area contributed by atoms with Crippen LogP contribution >= 0.6 is 0 Å². The normalized spacial score (nSPS) is 13.8. The molecule has 0 saturated heterocycles. The Morgan fingerprint density at radius 1 is 0.853 bits per heavy atom. The van der Waals surface area contributed by atoms with Crippen LogP contribution in [0.2, 0.25) is 0 Å². The van der Waals surface area contributed by atoms with E-state index in [4.69, 9.17) is 4.74 Å². The molecule has 0 spiro atoms. The molecule has 3 atom stereocenters. The van der Waals surface area contributed by atoms with E-state index >= 15 is 0 Å². The topological polar surface area (TPSA) is 46.6 Å². The molecule has 4 nitrogen and oxygen atoms in total. The molecule has 0 aliphatic heterocycles. The van der Waals surface area contributed by atoms with Crippen LogP contribution in [0.3, 0.4) is 0 Å². The SMILES string of the molecule is CC[C@@H](c1ccccc1OC(=O)C(C)c1cccc(C(=O)c2ccccc2)c1)[C@@H](C)CN(C)C. The van der Waals surface area contributed by atoms with Gasteiger partial charge in [0.1, 0.15) is 5.75 Å². The van der Waals surface area contributed by atoms with Crippen molar-refractivity contribution < 1.29 is 14.3 Å². The molecule has 0 aliphatic carbocycles. The van der Waals surface area contributed by atoms with Crippen molar-refractivity contribution in [1.82, 2.24) is 4.90 Å². The molecule has 0 radical (unpaired) electrons. The molecule has 3 aromatic rings. The van der Waals surface area contributed by atoms with Gasteiger partial charge in [-0.2, -0.15) is 0 Å². The van der Waals surface area contributed by atoms with E-state index in [-0.39, 0.29) is 17.7 Å². The van der Waals surface area contributed by atoms with Crippen molar-refractivity contribution in [3.8, 4) is 5.75 Å². The summed E-state index contributed by atoms with van der Waals surface area (Å²) >= 11 is 0. The molecule has 4 heteroatoms. The van der Waals surface area contributed by atoms with Crippen molar-refractivity contribution in [3.05, 3.63) is 101 Å². The van der Waals surface area contributed by atoms with Crippen LogP contribution in [0.5, 0.6) is 5.75 Å². The van der Waals surface area contributed by atoms with E-state index in [9.17, 15) is 9.59 Å². The van der Waals surface area contributed by atoms with Gasteiger partial charge < -0.3 is 9.64 Å². The van der Waals surface area contributed by atoms with E-state index in [1.165, 1.54) is 0 Å². The number of nitrogens with zero attached hydrogens (tertiary/aromatic N) is 1. The lowest BCUT2D eigenvalue weighted by Gasteiger charge is -2.27. The molecule has 0 bridgehead atoms. The predicted molar refractivity (Wildman–Crippen MR) is 138 cm³/mol. The molecule has 0 amide bonds. The maximum atomic E-state index is 13.2. The summed E-state index contributed by atoms with van der Waals surface area (Å²) in [5.74, 6) is 0.427. The smallest absolute Gasteiger partial charge is 0.318 e. The zero-order valence-electron chi connectivity index (χ0n) is 20.8. The van der Waals surface area contributed by atoms with E-state index in [2.05, 4.69) is 38.9 Å². The second kappa shape index (κ2) is 11.8. The van der Waals surface area contributed by atoms with E-state index < -0.39 is 5.92 Å². The number of esters is 1. The maximum absolute atomic E-state index is 13.2. The Balaban J connectivity index is 1.80. The summed E-state index contributed by atoms with van der Waals surface area (Å²) < 4.78 is 5.95. The highest BCUT2D eigenvalue weighted by molar-refractivity contribution is 6.09. The van der Waals surface area contributed by atoms with E-state index in [1.807, 2.05) is 55.5 Å². The summed E-state index contributed by atoms with van der Waals surface area (Å²) in [6, 6.07) is 24.3. The van der Waals surface area contributed by atoms with Gasteiger partial charge in [0.25, 0.3) is 0 Å². The average Bonchev–Trinajstić information content (AvgIpc) is 2.84. The quantitative estimate of drug-likeness (QED) is 0.203. The molecule has 3 aromatic carbocycles. The zero-order chi connectivity index (χ0) is 24.7. The van der Waals surface area contributed by atoms with E-state index in [0.717, 1.165) is 24.1 Å². The molecule has 178 valence electrons. The molecular weight excluding hydrogens is 422 g/mol. The lowest BCUT2D eigenvalue weighted by Crippen LogP contribution is -2.25. The van der Waals surface area contributed by atoms with Gasteiger partial charge >= 0.3 is 5.97 Å². The lowest BCUT2D eigenvalue weighted by atomic mass is 9.84. The third-order valence-corrected chi connectivity index (χ3v) is 6.35. The van der Waals surface area contributed by atoms with Gasteiger partial charge in [-0.25, -0.2) is 0 Å². The summed E-state index contributed by atoms with van der Waals surface area (Å²) in [5, 5.41) is 0. The number of benzene rings is 3. The third kappa shape index (κ3) is 6.21. The molecule has 34 heavy (non-hydrogen) atoms. The van der Waals surface area contributed by atoms with Gasteiger partial charge in [0.2, 0.25) is 0 Å². The second-order valence-electron chi connectivity index (χ2n) is 9.26. The molecule has 0 heterocycles. The molecular formula is C30H35NO3. The number of carbonyl (C=O) groups excluding carboxylic acids is 2. The van der Waals surface area contributed by atoms with Crippen molar-refractivity contribution in [2.45, 2.75) is 39.0 Å². The van der Waals surface area contributed by atoms with Crippen molar-refractivity contribution in [2.75, 3.05) is 20.6 Å². The Bertz CT molecular complexity index is 1110. The summed E-state index contributed by atoms with van der Waals surface area (Å²) in [4.78, 5) is 28.2. The first-order chi connectivity index (χ1) is 16.3. The van der Waals surface area contributed by atoms with Gasteiger partial charge in [-0.15, -0.1) is 0 Å². The van der Waals surface area contributed by atoms with Crippen LogP contribution < -0.4 is 4.74 Å². The number of hydrogen-bond donors (Lipinski definition) is 0. The van der Waals surface area contributed by atoms with Crippen molar-refractivity contribution >= 4 is 11.8 Å². The molecule has 0 aromatic heterocycles. The fourth-order valence-electron chi connectivity index (χ4n) is 4.55. The third-order valence-electron chi connectivity index (χ3n) is 6.35. The number of carbonyl (C=O) groups is 2. The van der Waals surface area contributed by atoms with Crippen molar-refractivity contribution in [2.24, 2.45) is 5.92 Å². The van der Waals surface area contributed by atoms with E-state index in [0.29, 0.717) is 22.8 Å². The number of ketones is 1. The minimum Gasteiger partial charge on any atom is -0.426 e. The van der Waals surface area contributed by atoms with Crippen LogP contribution in [0.25, 0.3) is 0 Å². The highest BCUT2D eigenvalue weighted by Gasteiger charge is 2.25. The van der Waals surface area contributed by atoms with Gasteiger partial charge in [0.05, 0.1) is 5.92 Å². The fourth-order valence-corrected chi connectivity index (χ4v) is 4.55. The Morgan fingerprint density at radius 2 is 1.50 bits per heavy atom. The van der Waals surface area contributed by atoms with Gasteiger partial charge in [-0.1, -0.05) is 80.6 Å². The number of ether oxygens (including phenoxy) is 1. The predicted octanol–water partition coefficient (Wildman–Crippen LogP) is 6.32. The first-order valence-electron chi connectivity index (χ1n) is 12.0. The van der Waals surface area contributed by atoms with Gasteiger partial charge in [0.15, 0.2) is 5.78 Å². The monoisotopic (exact) mass is 457 g/mol. The Morgan fingerprint density at radius 3 is 2.18 bits per heavy atom. The number of para-hydroxylation sites is 1. The molecule has 1 unspecified atom stereocenters. The zero-order valence-corrected chi connectivity index (χ0v) is 20.8. The Hall–Kier alpha value is -3.24. The minimum atomic E-state index is -0.504. The number of hydrogen-bond acceptors (Lipinski definition) is 4. The molecule has 0 saturated carbocycles. The van der Waals surface area contributed by atoms with Gasteiger partial charge in [0, 0.05) is 17.7 Å². The highest BCUT2D eigenvalue weighted by Crippen LogP contribution is 2.35. The maximum Gasteiger partial charge on any atom is 0.318 e. The molecule has 0 N–H and O–H groups in total. The van der Waals surface area contributed by atoms with Crippen molar-refractivity contribution in [1.29, 1.82) is 0 Å². The second-order valence-corrected chi connectivity index (χ2v) is 9.26. The average molecular weight is 458 g/mol.